The average Bonchev–Trinajstić information content (AvgIpc) is 3.40. The van der Waals surface area contributed by atoms with Crippen LogP contribution in [-0.4, -0.2) is 53.5 Å². The summed E-state index contributed by atoms with van der Waals surface area (Å²) in [5.74, 6) is -2.37. The van der Waals surface area contributed by atoms with E-state index < -0.39 is 29.5 Å². The molecule has 5 rings (SSSR count). The van der Waals surface area contributed by atoms with Gasteiger partial charge in [-0.25, -0.2) is 14.8 Å². The summed E-state index contributed by atoms with van der Waals surface area (Å²) < 4.78 is 39.6. The first-order chi connectivity index (χ1) is 20.0. The number of hydrogen-bond acceptors (Lipinski definition) is 7. The lowest BCUT2D eigenvalue weighted by atomic mass is 9.98. The predicted molar refractivity (Wildman–Crippen MR) is 145 cm³/mol. The number of aromatic hydroxyl groups is 1. The average molecular weight is 575 g/mol. The molecule has 13 heteroatoms. The smallest absolute Gasteiger partial charge is 0.416 e. The van der Waals surface area contributed by atoms with Crippen LogP contribution in [0.1, 0.15) is 43.7 Å². The number of aromatic carboxylic acids is 1. The highest BCUT2D eigenvalue weighted by atomic mass is 19.4. The van der Waals surface area contributed by atoms with Crippen molar-refractivity contribution in [2.24, 2.45) is 12.0 Å². The van der Waals surface area contributed by atoms with Crippen LogP contribution in [0.3, 0.4) is 0 Å². The molecule has 2 aromatic heterocycles. The zero-order chi connectivity index (χ0) is 30.0. The van der Waals surface area contributed by atoms with Crippen molar-refractivity contribution in [3.8, 4) is 16.9 Å². The number of fused-ring (bicyclic) bond motifs is 1. The van der Waals surface area contributed by atoms with Crippen LogP contribution in [0.15, 0.2) is 77.8 Å². The Labute approximate surface area is 235 Å². The molecule has 0 saturated heterocycles. The molecule has 0 spiro atoms. The SMILES string of the molecule is Cn1nnc(C(C=NC(=O)c2cc(C(=O)O)c3cc(-c4cccc(C(F)(F)F)c4)ccc3n2)Cc2ccc(O)cc2)n1. The molecule has 2 heterocycles. The standard InChI is InChI=1S/C29H21F3N6O4/c1-38-36-26(35-37-38)19(11-16-5-8-21(39)9-6-16)15-33-27(40)25-14-23(28(41)42)22-13-18(7-10-24(22)34-25)17-3-2-4-20(12-17)29(30,31)32/h2-10,12-15,19,39H,11H2,1H3,(H,41,42). The number of carbonyl (C=O) groups is 2. The van der Waals surface area contributed by atoms with Gasteiger partial charge >= 0.3 is 12.1 Å². The summed E-state index contributed by atoms with van der Waals surface area (Å²) in [5, 5.41) is 31.6. The van der Waals surface area contributed by atoms with E-state index in [9.17, 15) is 33.0 Å². The molecule has 0 aliphatic rings. The Morgan fingerprint density at radius 2 is 1.76 bits per heavy atom. The topological polar surface area (TPSA) is 143 Å². The van der Waals surface area contributed by atoms with Crippen molar-refractivity contribution in [2.45, 2.75) is 18.5 Å². The van der Waals surface area contributed by atoms with Gasteiger partial charge in [0.25, 0.3) is 5.91 Å². The third-order valence-electron chi connectivity index (χ3n) is 6.40. The molecule has 3 aromatic carbocycles. The van der Waals surface area contributed by atoms with Gasteiger partial charge in [0.15, 0.2) is 5.82 Å². The minimum absolute atomic E-state index is 0.0929. The molecule has 10 nitrogen and oxygen atoms in total. The third kappa shape index (κ3) is 6.14. The molecular weight excluding hydrogens is 553 g/mol. The Morgan fingerprint density at radius 3 is 2.43 bits per heavy atom. The first kappa shape index (κ1) is 28.1. The molecule has 5 aromatic rings. The molecule has 0 aliphatic carbocycles. The summed E-state index contributed by atoms with van der Waals surface area (Å²) in [4.78, 5) is 34.7. The summed E-state index contributed by atoms with van der Waals surface area (Å²) in [6.07, 6.45) is -2.88. The molecule has 0 bridgehead atoms. The van der Waals surface area contributed by atoms with Crippen LogP contribution < -0.4 is 0 Å². The molecule has 0 fully saturated rings. The van der Waals surface area contributed by atoms with E-state index in [1.165, 1.54) is 53.5 Å². The number of phenolic OH excluding ortho intramolecular Hbond substituents is 1. The van der Waals surface area contributed by atoms with Gasteiger partial charge in [-0.2, -0.15) is 18.0 Å². The van der Waals surface area contributed by atoms with Crippen LogP contribution in [0.2, 0.25) is 0 Å². The van der Waals surface area contributed by atoms with Crippen molar-refractivity contribution in [1.29, 1.82) is 0 Å². The van der Waals surface area contributed by atoms with Gasteiger partial charge < -0.3 is 10.2 Å². The number of pyridine rings is 1. The quantitative estimate of drug-likeness (QED) is 0.256. The number of carbonyl (C=O) groups excluding carboxylic acids is 1. The second kappa shape index (κ2) is 11.2. The van der Waals surface area contributed by atoms with E-state index in [2.05, 4.69) is 25.4 Å². The van der Waals surface area contributed by atoms with Gasteiger partial charge in [-0.1, -0.05) is 30.3 Å². The van der Waals surface area contributed by atoms with Gasteiger partial charge in [-0.3, -0.25) is 4.79 Å². The van der Waals surface area contributed by atoms with Gasteiger partial charge in [0.2, 0.25) is 0 Å². The molecule has 0 radical (unpaired) electrons. The zero-order valence-electron chi connectivity index (χ0n) is 21.8. The van der Waals surface area contributed by atoms with Gasteiger partial charge in [0.1, 0.15) is 11.4 Å². The minimum atomic E-state index is -4.54. The normalized spacial score (nSPS) is 12.6. The Balaban J connectivity index is 1.48. The maximum absolute atomic E-state index is 13.2. The maximum Gasteiger partial charge on any atom is 0.416 e. The lowest BCUT2D eigenvalue weighted by Gasteiger charge is -2.11. The number of nitrogens with zero attached hydrogens (tertiary/aromatic N) is 6. The highest BCUT2D eigenvalue weighted by Gasteiger charge is 2.30. The van der Waals surface area contributed by atoms with Crippen molar-refractivity contribution in [1.82, 2.24) is 25.2 Å². The van der Waals surface area contributed by atoms with Crippen LogP contribution in [0.5, 0.6) is 5.75 Å². The zero-order valence-corrected chi connectivity index (χ0v) is 21.8. The van der Waals surface area contributed by atoms with Gasteiger partial charge in [-0.15, -0.1) is 10.2 Å². The largest absolute Gasteiger partial charge is 0.508 e. The number of carboxylic acids is 1. The Kier molecular flexibility index (Phi) is 7.49. The molecule has 2 N–H and O–H groups in total. The minimum Gasteiger partial charge on any atom is -0.508 e. The van der Waals surface area contributed by atoms with Gasteiger partial charge in [0, 0.05) is 11.6 Å². The van der Waals surface area contributed by atoms with E-state index in [4.69, 9.17) is 0 Å². The number of hydrogen-bond donors (Lipinski definition) is 2. The molecular formula is C29H21F3N6O4. The lowest BCUT2D eigenvalue weighted by Crippen LogP contribution is -2.10. The summed E-state index contributed by atoms with van der Waals surface area (Å²) in [6.45, 7) is 0. The number of rotatable bonds is 7. The van der Waals surface area contributed by atoms with Crippen LogP contribution in [0, 0.1) is 0 Å². The highest BCUT2D eigenvalue weighted by Crippen LogP contribution is 2.33. The number of phenols is 1. The van der Waals surface area contributed by atoms with Crippen molar-refractivity contribution >= 4 is 29.0 Å². The fourth-order valence-electron chi connectivity index (χ4n) is 4.33. The second-order valence-electron chi connectivity index (χ2n) is 9.37. The molecule has 1 amide bonds. The predicted octanol–water partition coefficient (Wildman–Crippen LogP) is 5.09. The molecule has 0 saturated carbocycles. The van der Waals surface area contributed by atoms with E-state index in [-0.39, 0.29) is 33.5 Å². The highest BCUT2D eigenvalue weighted by molar-refractivity contribution is 6.07. The number of tetrazole rings is 1. The number of alkyl halides is 3. The Bertz CT molecular complexity index is 1830. The third-order valence-corrected chi connectivity index (χ3v) is 6.40. The van der Waals surface area contributed by atoms with Crippen molar-refractivity contribution < 1.29 is 33.0 Å². The van der Waals surface area contributed by atoms with Crippen LogP contribution in [-0.2, 0) is 19.6 Å². The molecule has 1 atom stereocenters. The van der Waals surface area contributed by atoms with Gasteiger partial charge in [-0.05, 0) is 70.8 Å². The number of aryl methyl sites for hydroxylation is 1. The number of halogens is 3. The summed E-state index contributed by atoms with van der Waals surface area (Å²) in [5.41, 5.74) is 0.213. The van der Waals surface area contributed by atoms with Crippen LogP contribution in [0.4, 0.5) is 13.2 Å². The molecule has 212 valence electrons. The monoisotopic (exact) mass is 574 g/mol. The van der Waals surface area contributed by atoms with Crippen molar-refractivity contribution in [3.05, 3.63) is 101 Å². The van der Waals surface area contributed by atoms with Gasteiger partial charge in [0.05, 0.1) is 29.6 Å². The van der Waals surface area contributed by atoms with Crippen LogP contribution in [0.25, 0.3) is 22.0 Å². The summed E-state index contributed by atoms with van der Waals surface area (Å²) >= 11 is 0. The van der Waals surface area contributed by atoms with E-state index in [1.807, 2.05) is 0 Å². The fourth-order valence-corrected chi connectivity index (χ4v) is 4.33. The Morgan fingerprint density at radius 1 is 1.02 bits per heavy atom. The molecule has 42 heavy (non-hydrogen) atoms. The molecule has 0 aliphatic heterocycles. The van der Waals surface area contributed by atoms with Crippen LogP contribution >= 0.6 is 0 Å². The first-order valence-corrected chi connectivity index (χ1v) is 12.4. The number of aliphatic imine (C=N–C) groups is 1. The molecule has 1 unspecified atom stereocenters. The van der Waals surface area contributed by atoms with E-state index in [0.717, 1.165) is 23.8 Å². The van der Waals surface area contributed by atoms with Crippen molar-refractivity contribution in [3.63, 3.8) is 0 Å². The second-order valence-corrected chi connectivity index (χ2v) is 9.37. The summed E-state index contributed by atoms with van der Waals surface area (Å²) in [6, 6.07) is 16.6. The lowest BCUT2D eigenvalue weighted by molar-refractivity contribution is -0.137. The van der Waals surface area contributed by atoms with Crippen molar-refractivity contribution in [2.75, 3.05) is 0 Å². The maximum atomic E-state index is 13.2. The summed E-state index contributed by atoms with van der Waals surface area (Å²) in [7, 11) is 1.58. The van der Waals surface area contributed by atoms with E-state index >= 15 is 0 Å². The Hall–Kier alpha value is -5.46. The number of aromatic nitrogens is 5. The number of amides is 1. The fraction of sp³-hybridized carbons (Fsp3) is 0.138. The number of benzene rings is 3. The van der Waals surface area contributed by atoms with E-state index in [0.29, 0.717) is 17.8 Å². The number of carboxylic acid groups (broad SMARTS) is 1. The van der Waals surface area contributed by atoms with E-state index in [1.54, 1.807) is 19.2 Å². The first-order valence-electron chi connectivity index (χ1n) is 12.4.